The average molecular weight is 445 g/mol. The van der Waals surface area contributed by atoms with Crippen LogP contribution in [0.4, 0.5) is 5.69 Å². The monoisotopic (exact) mass is 445 g/mol. The Morgan fingerprint density at radius 3 is 2.06 bits per heavy atom. The molecule has 0 bridgehead atoms. The van der Waals surface area contributed by atoms with Gasteiger partial charge in [0, 0.05) is 7.14 Å². The van der Waals surface area contributed by atoms with Gasteiger partial charge in [0.25, 0.3) is 0 Å². The van der Waals surface area contributed by atoms with Crippen molar-refractivity contribution in [2.24, 2.45) is 0 Å². The first-order valence-corrected chi connectivity index (χ1v) is 6.84. The molecule has 88 valence electrons. The number of nitrogen functional groups attached to an aromatic ring is 1. The van der Waals surface area contributed by atoms with Gasteiger partial charge in [0.1, 0.15) is 5.60 Å². The summed E-state index contributed by atoms with van der Waals surface area (Å²) in [4.78, 5) is 11.8. The lowest BCUT2D eigenvalue weighted by Gasteiger charge is -2.19. The fourth-order valence-corrected chi connectivity index (χ4v) is 2.81. The molecular formula is C11H13I2NO2. The first-order chi connectivity index (χ1) is 7.20. The van der Waals surface area contributed by atoms with Crippen molar-refractivity contribution in [3.63, 3.8) is 0 Å². The Labute approximate surface area is 122 Å². The van der Waals surface area contributed by atoms with Gasteiger partial charge < -0.3 is 10.5 Å². The topological polar surface area (TPSA) is 52.3 Å². The number of anilines is 1. The normalized spacial score (nSPS) is 11.3. The van der Waals surface area contributed by atoms with Crippen LogP contribution in [0.5, 0.6) is 0 Å². The fraction of sp³-hybridized carbons (Fsp3) is 0.364. The third-order valence-corrected chi connectivity index (χ3v) is 3.50. The summed E-state index contributed by atoms with van der Waals surface area (Å²) >= 11 is 4.22. The lowest BCUT2D eigenvalue weighted by molar-refractivity contribution is 0.00694. The van der Waals surface area contributed by atoms with Gasteiger partial charge in [0.2, 0.25) is 0 Å². The molecule has 5 heteroatoms. The third kappa shape index (κ3) is 3.76. The summed E-state index contributed by atoms with van der Waals surface area (Å²) in [5.41, 5.74) is 6.58. The maximum atomic E-state index is 11.8. The Bertz CT molecular complexity index is 401. The van der Waals surface area contributed by atoms with Gasteiger partial charge in [-0.1, -0.05) is 0 Å². The smallest absolute Gasteiger partial charge is 0.338 e. The fourth-order valence-electron chi connectivity index (χ4n) is 1.04. The van der Waals surface area contributed by atoms with Gasteiger partial charge in [-0.15, -0.1) is 0 Å². The van der Waals surface area contributed by atoms with E-state index in [1.54, 1.807) is 12.1 Å². The molecule has 1 aromatic rings. The molecule has 0 radical (unpaired) electrons. The number of rotatable bonds is 1. The van der Waals surface area contributed by atoms with Crippen LogP contribution in [0.3, 0.4) is 0 Å². The number of hydrogen-bond donors (Lipinski definition) is 1. The van der Waals surface area contributed by atoms with Crippen molar-refractivity contribution >= 4 is 56.8 Å². The van der Waals surface area contributed by atoms with E-state index in [0.717, 1.165) is 7.14 Å². The van der Waals surface area contributed by atoms with E-state index in [4.69, 9.17) is 10.5 Å². The molecule has 1 aromatic carbocycles. The summed E-state index contributed by atoms with van der Waals surface area (Å²) in [6, 6.07) is 3.48. The van der Waals surface area contributed by atoms with Crippen LogP contribution in [0.25, 0.3) is 0 Å². The molecule has 2 N–H and O–H groups in total. The van der Waals surface area contributed by atoms with E-state index in [0.29, 0.717) is 11.3 Å². The number of carbonyl (C=O) groups is 1. The number of esters is 1. The molecule has 0 heterocycles. The molecule has 0 aliphatic rings. The van der Waals surface area contributed by atoms with Crippen molar-refractivity contribution in [3.8, 4) is 0 Å². The first-order valence-electron chi connectivity index (χ1n) is 4.68. The second-order valence-electron chi connectivity index (χ2n) is 4.36. The molecule has 1 rings (SSSR count). The minimum absolute atomic E-state index is 0.316. The van der Waals surface area contributed by atoms with Crippen molar-refractivity contribution in [2.75, 3.05) is 5.73 Å². The summed E-state index contributed by atoms with van der Waals surface area (Å²) in [6.07, 6.45) is 0. The molecular weight excluding hydrogens is 432 g/mol. The summed E-state index contributed by atoms with van der Waals surface area (Å²) in [6.45, 7) is 5.54. The molecule has 0 saturated heterocycles. The highest BCUT2D eigenvalue weighted by Gasteiger charge is 2.19. The number of benzene rings is 1. The van der Waals surface area contributed by atoms with Crippen LogP contribution in [0, 0.1) is 7.14 Å². The van der Waals surface area contributed by atoms with E-state index < -0.39 is 5.60 Å². The van der Waals surface area contributed by atoms with Gasteiger partial charge in [0.05, 0.1) is 11.3 Å². The Kier molecular flexibility index (Phi) is 4.44. The van der Waals surface area contributed by atoms with Crippen LogP contribution in [0.2, 0.25) is 0 Å². The quantitative estimate of drug-likeness (QED) is 0.410. The van der Waals surface area contributed by atoms with Crippen LogP contribution >= 0.6 is 45.2 Å². The number of ether oxygens (including phenoxy) is 1. The standard InChI is InChI=1S/C11H13I2NO2/c1-11(2,3)16-10(15)6-4-7(12)9(14)8(13)5-6/h4-5H,14H2,1-3H3. The molecule has 0 atom stereocenters. The van der Waals surface area contributed by atoms with Gasteiger partial charge in [-0.05, 0) is 78.1 Å². The second-order valence-corrected chi connectivity index (χ2v) is 6.68. The van der Waals surface area contributed by atoms with Crippen LogP contribution in [0.1, 0.15) is 31.1 Å². The second kappa shape index (κ2) is 5.07. The maximum Gasteiger partial charge on any atom is 0.338 e. The first kappa shape index (κ1) is 14.0. The van der Waals surface area contributed by atoms with Crippen molar-refractivity contribution in [1.82, 2.24) is 0 Å². The highest BCUT2D eigenvalue weighted by atomic mass is 127. The van der Waals surface area contributed by atoms with Crippen molar-refractivity contribution < 1.29 is 9.53 Å². The largest absolute Gasteiger partial charge is 0.456 e. The molecule has 0 aliphatic carbocycles. The van der Waals surface area contributed by atoms with E-state index in [9.17, 15) is 4.79 Å². The number of carbonyl (C=O) groups excluding carboxylic acids is 1. The summed E-state index contributed by atoms with van der Waals surface area (Å²) in [5.74, 6) is -0.316. The number of nitrogens with two attached hydrogens (primary N) is 1. The number of hydrogen-bond acceptors (Lipinski definition) is 3. The zero-order chi connectivity index (χ0) is 12.5. The third-order valence-electron chi connectivity index (χ3n) is 1.71. The van der Waals surface area contributed by atoms with E-state index in [1.165, 1.54) is 0 Å². The Hall–Kier alpha value is -0.0500. The Morgan fingerprint density at radius 2 is 1.69 bits per heavy atom. The molecule has 16 heavy (non-hydrogen) atoms. The van der Waals surface area contributed by atoms with Crippen LogP contribution < -0.4 is 5.73 Å². The predicted octanol–water partition coefficient (Wildman–Crippen LogP) is 3.43. The lowest BCUT2D eigenvalue weighted by Crippen LogP contribution is -2.24. The van der Waals surface area contributed by atoms with Crippen molar-refractivity contribution in [2.45, 2.75) is 26.4 Å². The van der Waals surface area contributed by atoms with Gasteiger partial charge >= 0.3 is 5.97 Å². The molecule has 3 nitrogen and oxygen atoms in total. The van der Waals surface area contributed by atoms with Gasteiger partial charge in [-0.25, -0.2) is 4.79 Å². The number of halogens is 2. The summed E-state index contributed by atoms with van der Waals surface area (Å²) in [5, 5.41) is 0. The molecule has 0 unspecified atom stereocenters. The zero-order valence-electron chi connectivity index (χ0n) is 9.30. The van der Waals surface area contributed by atoms with Crippen LogP contribution in [0.15, 0.2) is 12.1 Å². The zero-order valence-corrected chi connectivity index (χ0v) is 13.6. The Morgan fingerprint density at radius 1 is 1.25 bits per heavy atom. The van der Waals surface area contributed by atoms with E-state index in [1.807, 2.05) is 20.8 Å². The minimum atomic E-state index is -0.477. The summed E-state index contributed by atoms with van der Waals surface area (Å²) in [7, 11) is 0. The predicted molar refractivity (Wildman–Crippen MR) is 81.5 cm³/mol. The summed E-state index contributed by atoms with van der Waals surface area (Å²) < 4.78 is 7.02. The molecule has 0 spiro atoms. The van der Waals surface area contributed by atoms with Crippen LogP contribution in [-0.4, -0.2) is 11.6 Å². The minimum Gasteiger partial charge on any atom is -0.456 e. The molecule has 0 amide bonds. The lowest BCUT2D eigenvalue weighted by atomic mass is 10.1. The maximum absolute atomic E-state index is 11.8. The van der Waals surface area contributed by atoms with Gasteiger partial charge in [-0.3, -0.25) is 0 Å². The van der Waals surface area contributed by atoms with Crippen molar-refractivity contribution in [1.29, 1.82) is 0 Å². The van der Waals surface area contributed by atoms with Crippen LogP contribution in [-0.2, 0) is 4.74 Å². The average Bonchev–Trinajstić information content (AvgIpc) is 2.10. The van der Waals surface area contributed by atoms with E-state index in [2.05, 4.69) is 45.2 Å². The Balaban J connectivity index is 3.02. The van der Waals surface area contributed by atoms with E-state index in [-0.39, 0.29) is 5.97 Å². The molecule has 0 aromatic heterocycles. The van der Waals surface area contributed by atoms with Crippen molar-refractivity contribution in [3.05, 3.63) is 24.8 Å². The SMILES string of the molecule is CC(C)(C)OC(=O)c1cc(I)c(N)c(I)c1. The highest BCUT2D eigenvalue weighted by Crippen LogP contribution is 2.24. The molecule has 0 saturated carbocycles. The molecule has 0 fully saturated rings. The van der Waals surface area contributed by atoms with Gasteiger partial charge in [-0.2, -0.15) is 0 Å². The highest BCUT2D eigenvalue weighted by molar-refractivity contribution is 14.1. The van der Waals surface area contributed by atoms with Gasteiger partial charge in [0.15, 0.2) is 0 Å². The molecule has 0 aliphatic heterocycles. The van der Waals surface area contributed by atoms with E-state index >= 15 is 0 Å².